The highest BCUT2D eigenvalue weighted by molar-refractivity contribution is 7.13. The minimum absolute atomic E-state index is 0.0412. The number of nitrogens with zero attached hydrogens (tertiary/aromatic N) is 2. The van der Waals surface area contributed by atoms with Gasteiger partial charge in [-0.05, 0) is 31.0 Å². The first-order valence-electron chi connectivity index (χ1n) is 6.59. The molecular weight excluding hydrogens is 288 g/mol. The van der Waals surface area contributed by atoms with Crippen LogP contribution in [0.3, 0.4) is 0 Å². The van der Waals surface area contributed by atoms with E-state index in [1.165, 1.54) is 11.3 Å². The number of aromatic carboxylic acids is 1. The molecule has 1 aromatic carbocycles. The number of anilines is 1. The summed E-state index contributed by atoms with van der Waals surface area (Å²) in [4.78, 5) is 29.4. The number of hydrogen-bond acceptors (Lipinski definition) is 4. The third-order valence-electron chi connectivity index (χ3n) is 3.61. The average molecular weight is 302 g/mol. The van der Waals surface area contributed by atoms with Crippen LogP contribution in [-0.2, 0) is 11.2 Å². The van der Waals surface area contributed by atoms with Gasteiger partial charge in [0, 0.05) is 29.6 Å². The summed E-state index contributed by atoms with van der Waals surface area (Å²) in [6.07, 6.45) is 0.817. The summed E-state index contributed by atoms with van der Waals surface area (Å²) in [6, 6.07) is 5.82. The van der Waals surface area contributed by atoms with Crippen LogP contribution in [0.2, 0.25) is 0 Å². The molecule has 0 spiro atoms. The van der Waals surface area contributed by atoms with Gasteiger partial charge in [0.1, 0.15) is 0 Å². The number of benzene rings is 1. The lowest BCUT2D eigenvalue weighted by atomic mass is 10.1. The van der Waals surface area contributed by atoms with Gasteiger partial charge in [0.15, 0.2) is 0 Å². The molecule has 3 rings (SSSR count). The second-order valence-corrected chi connectivity index (χ2v) is 6.20. The van der Waals surface area contributed by atoms with Crippen molar-refractivity contribution in [3.63, 3.8) is 0 Å². The van der Waals surface area contributed by atoms with Crippen molar-refractivity contribution < 1.29 is 14.7 Å². The van der Waals surface area contributed by atoms with E-state index in [0.29, 0.717) is 12.2 Å². The molecule has 2 heterocycles. The van der Waals surface area contributed by atoms with Crippen LogP contribution >= 0.6 is 11.3 Å². The largest absolute Gasteiger partial charge is 0.476 e. The minimum atomic E-state index is -1.00. The van der Waals surface area contributed by atoms with Gasteiger partial charge in [-0.15, -0.1) is 11.3 Å². The predicted molar refractivity (Wildman–Crippen MR) is 81.0 cm³/mol. The Hall–Kier alpha value is -2.21. The molecule has 1 aliphatic heterocycles. The van der Waals surface area contributed by atoms with Crippen LogP contribution in [0, 0.1) is 6.92 Å². The molecule has 1 aliphatic rings. The molecule has 0 fully saturated rings. The van der Waals surface area contributed by atoms with Gasteiger partial charge < -0.3 is 10.0 Å². The number of carboxylic acids is 1. The number of fused-ring (bicyclic) bond motifs is 1. The van der Waals surface area contributed by atoms with Crippen molar-refractivity contribution in [2.75, 3.05) is 11.4 Å². The van der Waals surface area contributed by atoms with E-state index in [-0.39, 0.29) is 10.9 Å². The monoisotopic (exact) mass is 302 g/mol. The Morgan fingerprint density at radius 3 is 2.76 bits per heavy atom. The van der Waals surface area contributed by atoms with Crippen LogP contribution in [0.1, 0.15) is 27.2 Å². The fraction of sp³-hybridized carbons (Fsp3) is 0.267. The zero-order valence-corrected chi connectivity index (χ0v) is 12.5. The number of carbonyl (C=O) groups is 2. The molecule has 0 bridgehead atoms. The Kier molecular flexibility index (Phi) is 3.25. The molecule has 21 heavy (non-hydrogen) atoms. The van der Waals surface area contributed by atoms with E-state index in [0.717, 1.165) is 28.1 Å². The molecule has 0 saturated heterocycles. The first-order valence-corrected chi connectivity index (χ1v) is 7.41. The Morgan fingerprint density at radius 1 is 1.38 bits per heavy atom. The summed E-state index contributed by atoms with van der Waals surface area (Å²) >= 11 is 1.18. The second-order valence-electron chi connectivity index (χ2n) is 4.99. The van der Waals surface area contributed by atoms with Crippen LogP contribution in [0.15, 0.2) is 18.2 Å². The van der Waals surface area contributed by atoms with E-state index in [1.807, 2.05) is 25.1 Å². The van der Waals surface area contributed by atoms with Crippen LogP contribution < -0.4 is 4.90 Å². The quantitative estimate of drug-likeness (QED) is 0.926. The Labute approximate surface area is 125 Å². The van der Waals surface area contributed by atoms with Gasteiger partial charge >= 0.3 is 5.97 Å². The van der Waals surface area contributed by atoms with E-state index >= 15 is 0 Å². The summed E-state index contributed by atoms with van der Waals surface area (Å²) in [5, 5.41) is 9.13. The number of hydrogen-bond donors (Lipinski definition) is 1. The molecule has 2 aromatic rings. The van der Waals surface area contributed by atoms with Crippen LogP contribution in [0.4, 0.5) is 5.69 Å². The summed E-state index contributed by atoms with van der Waals surface area (Å²) < 4.78 is 0. The first kappa shape index (κ1) is 13.8. The van der Waals surface area contributed by atoms with Crippen molar-refractivity contribution in [1.82, 2.24) is 4.98 Å². The average Bonchev–Trinajstić information content (AvgIpc) is 3.01. The van der Waals surface area contributed by atoms with Crippen molar-refractivity contribution in [2.45, 2.75) is 20.3 Å². The molecular formula is C15H14N2O3S. The lowest BCUT2D eigenvalue weighted by Crippen LogP contribution is -2.25. The van der Waals surface area contributed by atoms with Gasteiger partial charge in [0.05, 0.1) is 5.69 Å². The van der Waals surface area contributed by atoms with Crippen LogP contribution in [0.5, 0.6) is 0 Å². The second kappa shape index (κ2) is 4.96. The molecule has 5 nitrogen and oxygen atoms in total. The van der Waals surface area contributed by atoms with E-state index < -0.39 is 5.97 Å². The lowest BCUT2D eigenvalue weighted by Gasteiger charge is -2.14. The number of carbonyl (C=O) groups excluding carboxylic acids is 1. The minimum Gasteiger partial charge on any atom is -0.476 e. The fourth-order valence-electron chi connectivity index (χ4n) is 2.63. The number of carboxylic acid groups (broad SMARTS) is 1. The van der Waals surface area contributed by atoms with E-state index in [9.17, 15) is 9.59 Å². The topological polar surface area (TPSA) is 70.5 Å². The molecule has 1 amide bonds. The normalized spacial score (nSPS) is 13.3. The van der Waals surface area contributed by atoms with Gasteiger partial charge in [-0.1, -0.05) is 6.07 Å². The zero-order chi connectivity index (χ0) is 15.1. The maximum atomic E-state index is 11.5. The molecule has 0 atom stereocenters. The Balaban J connectivity index is 2.02. The zero-order valence-electron chi connectivity index (χ0n) is 11.7. The molecule has 0 aliphatic carbocycles. The van der Waals surface area contributed by atoms with Crippen molar-refractivity contribution in [3.05, 3.63) is 33.6 Å². The van der Waals surface area contributed by atoms with Crippen molar-refractivity contribution >= 4 is 28.9 Å². The number of rotatable bonds is 2. The molecule has 6 heteroatoms. The number of aromatic nitrogens is 1. The molecule has 1 N–H and O–H groups in total. The van der Waals surface area contributed by atoms with Crippen molar-refractivity contribution in [1.29, 1.82) is 0 Å². The molecule has 0 radical (unpaired) electrons. The highest BCUT2D eigenvalue weighted by atomic mass is 32.1. The van der Waals surface area contributed by atoms with Crippen molar-refractivity contribution in [2.24, 2.45) is 0 Å². The smallest absolute Gasteiger partial charge is 0.365 e. The third kappa shape index (κ3) is 2.31. The summed E-state index contributed by atoms with van der Waals surface area (Å²) in [5.74, 6) is -0.960. The highest BCUT2D eigenvalue weighted by Gasteiger charge is 2.23. The highest BCUT2D eigenvalue weighted by Crippen LogP contribution is 2.34. The van der Waals surface area contributed by atoms with E-state index in [4.69, 9.17) is 5.11 Å². The third-order valence-corrected chi connectivity index (χ3v) is 4.57. The van der Waals surface area contributed by atoms with Gasteiger partial charge in [-0.2, -0.15) is 0 Å². The Morgan fingerprint density at radius 2 is 2.14 bits per heavy atom. The predicted octanol–water partition coefficient (Wildman–Crippen LogP) is 2.73. The van der Waals surface area contributed by atoms with Gasteiger partial charge in [0.2, 0.25) is 10.9 Å². The molecule has 0 unspecified atom stereocenters. The SMILES string of the molecule is CC(=O)N1CCc2cc(-c3nc(C(=O)O)sc3C)ccc21. The number of thiazole rings is 1. The standard InChI is InChI=1S/C15H14N2O3S/c1-8-13(16-14(21-8)15(19)20)11-3-4-12-10(7-11)5-6-17(12)9(2)18/h3-4,7H,5-6H2,1-2H3,(H,19,20). The van der Waals surface area contributed by atoms with Gasteiger partial charge in [-0.3, -0.25) is 4.79 Å². The molecule has 1 aromatic heterocycles. The molecule has 0 saturated carbocycles. The van der Waals surface area contributed by atoms with Crippen molar-refractivity contribution in [3.8, 4) is 11.3 Å². The number of amides is 1. The van der Waals surface area contributed by atoms with E-state index in [2.05, 4.69) is 4.98 Å². The molecule has 108 valence electrons. The summed E-state index contributed by atoms with van der Waals surface area (Å²) in [5.41, 5.74) is 3.66. The van der Waals surface area contributed by atoms with Gasteiger partial charge in [-0.25, -0.2) is 9.78 Å². The summed E-state index contributed by atoms with van der Waals surface area (Å²) in [6.45, 7) is 4.13. The summed E-state index contributed by atoms with van der Waals surface area (Å²) in [7, 11) is 0. The van der Waals surface area contributed by atoms with Crippen LogP contribution in [0.25, 0.3) is 11.3 Å². The lowest BCUT2D eigenvalue weighted by molar-refractivity contribution is -0.116. The maximum absolute atomic E-state index is 11.5. The Bertz CT molecular complexity index is 751. The van der Waals surface area contributed by atoms with Gasteiger partial charge in [0.25, 0.3) is 0 Å². The maximum Gasteiger partial charge on any atom is 0.365 e. The first-order chi connectivity index (χ1) is 9.97. The number of aryl methyl sites for hydroxylation is 1. The van der Waals surface area contributed by atoms with Crippen LogP contribution in [-0.4, -0.2) is 28.5 Å². The fourth-order valence-corrected chi connectivity index (χ4v) is 3.41. The van der Waals surface area contributed by atoms with E-state index in [1.54, 1.807) is 11.8 Å².